The number of H-pyrrole nitrogens is 1. The van der Waals surface area contributed by atoms with Crippen LogP contribution in [0.3, 0.4) is 0 Å². The van der Waals surface area contributed by atoms with Crippen LogP contribution < -0.4 is 5.69 Å². The Balaban J connectivity index is 1.89. The lowest BCUT2D eigenvalue weighted by atomic mass is 10.3. The number of imidazole rings is 1. The quantitative estimate of drug-likeness (QED) is 0.923. The molecule has 18 heavy (non-hydrogen) atoms. The Labute approximate surface area is 110 Å². The van der Waals surface area contributed by atoms with Crippen molar-refractivity contribution in [3.05, 3.63) is 33.7 Å². The second-order valence-electron chi connectivity index (χ2n) is 4.76. The first-order chi connectivity index (χ1) is 8.75. The van der Waals surface area contributed by atoms with E-state index in [9.17, 15) is 4.79 Å². The highest BCUT2D eigenvalue weighted by molar-refractivity contribution is 6.34. The summed E-state index contributed by atoms with van der Waals surface area (Å²) in [5, 5.41) is 0.601. The summed E-state index contributed by atoms with van der Waals surface area (Å²) < 4.78 is 1.78. The van der Waals surface area contributed by atoms with Crippen molar-refractivity contribution in [1.29, 1.82) is 0 Å². The molecule has 2 heterocycles. The lowest BCUT2D eigenvalue weighted by Crippen LogP contribution is -2.28. The number of hydrogen-bond acceptors (Lipinski definition) is 2. The van der Waals surface area contributed by atoms with Gasteiger partial charge in [0.05, 0.1) is 16.1 Å². The van der Waals surface area contributed by atoms with E-state index in [2.05, 4.69) is 9.88 Å². The molecular weight excluding hydrogens is 250 g/mol. The van der Waals surface area contributed by atoms with E-state index < -0.39 is 0 Å². The van der Waals surface area contributed by atoms with Crippen molar-refractivity contribution in [2.75, 3.05) is 19.6 Å². The molecule has 0 aliphatic carbocycles. The molecule has 1 aliphatic heterocycles. The SMILES string of the molecule is O=c1[nH]c2c(Cl)cccc2n1CCN1CCCC1. The summed E-state index contributed by atoms with van der Waals surface area (Å²) in [6, 6.07) is 5.61. The molecule has 1 aliphatic rings. The molecule has 1 aromatic heterocycles. The molecule has 96 valence electrons. The van der Waals surface area contributed by atoms with Crippen molar-refractivity contribution in [3.63, 3.8) is 0 Å². The topological polar surface area (TPSA) is 41.0 Å². The predicted molar refractivity (Wildman–Crippen MR) is 73.2 cm³/mol. The number of halogens is 1. The van der Waals surface area contributed by atoms with Crippen molar-refractivity contribution in [2.45, 2.75) is 19.4 Å². The molecule has 0 spiro atoms. The van der Waals surface area contributed by atoms with Gasteiger partial charge in [-0.3, -0.25) is 4.57 Å². The van der Waals surface area contributed by atoms with Gasteiger partial charge in [-0.25, -0.2) is 4.79 Å². The first-order valence-corrected chi connectivity index (χ1v) is 6.73. The third-order valence-electron chi connectivity index (χ3n) is 3.60. The van der Waals surface area contributed by atoms with Crippen molar-refractivity contribution in [2.24, 2.45) is 0 Å². The molecule has 4 nitrogen and oxygen atoms in total. The molecule has 5 heteroatoms. The van der Waals surface area contributed by atoms with E-state index in [1.807, 2.05) is 12.1 Å². The zero-order valence-electron chi connectivity index (χ0n) is 10.2. The van der Waals surface area contributed by atoms with Gasteiger partial charge in [-0.2, -0.15) is 0 Å². The molecule has 0 bridgehead atoms. The smallest absolute Gasteiger partial charge is 0.304 e. The van der Waals surface area contributed by atoms with Gasteiger partial charge in [0.2, 0.25) is 0 Å². The molecule has 1 fully saturated rings. The van der Waals surface area contributed by atoms with E-state index in [0.717, 1.165) is 37.2 Å². The number of fused-ring (bicyclic) bond motifs is 1. The van der Waals surface area contributed by atoms with Crippen LogP contribution in [0.5, 0.6) is 0 Å². The van der Waals surface area contributed by atoms with Crippen LogP contribution in [0.15, 0.2) is 23.0 Å². The first kappa shape index (κ1) is 11.8. The van der Waals surface area contributed by atoms with Crippen LogP contribution in [0, 0.1) is 0 Å². The fraction of sp³-hybridized carbons (Fsp3) is 0.462. The van der Waals surface area contributed by atoms with Gasteiger partial charge in [0.1, 0.15) is 0 Å². The summed E-state index contributed by atoms with van der Waals surface area (Å²) in [6.07, 6.45) is 2.54. The van der Waals surface area contributed by atoms with E-state index in [4.69, 9.17) is 11.6 Å². The zero-order chi connectivity index (χ0) is 12.5. The first-order valence-electron chi connectivity index (χ1n) is 6.35. The van der Waals surface area contributed by atoms with Crippen LogP contribution in [-0.4, -0.2) is 34.1 Å². The van der Waals surface area contributed by atoms with Crippen LogP contribution in [0.1, 0.15) is 12.8 Å². The number of nitrogens with zero attached hydrogens (tertiary/aromatic N) is 2. The number of hydrogen-bond donors (Lipinski definition) is 1. The number of aromatic amines is 1. The third kappa shape index (κ3) is 2.06. The molecule has 0 radical (unpaired) electrons. The monoisotopic (exact) mass is 265 g/mol. The highest BCUT2D eigenvalue weighted by Crippen LogP contribution is 2.20. The molecule has 1 saturated heterocycles. The average molecular weight is 266 g/mol. The molecule has 0 unspecified atom stereocenters. The van der Waals surface area contributed by atoms with Crippen LogP contribution in [0.25, 0.3) is 11.0 Å². The molecular formula is C13H16ClN3O. The van der Waals surface area contributed by atoms with E-state index in [-0.39, 0.29) is 5.69 Å². The third-order valence-corrected chi connectivity index (χ3v) is 3.91. The van der Waals surface area contributed by atoms with Gasteiger partial charge in [-0.05, 0) is 38.1 Å². The van der Waals surface area contributed by atoms with Crippen molar-refractivity contribution >= 4 is 22.6 Å². The maximum absolute atomic E-state index is 11.9. The molecule has 0 saturated carbocycles. The van der Waals surface area contributed by atoms with E-state index >= 15 is 0 Å². The molecule has 3 rings (SSSR count). The maximum atomic E-state index is 11.9. The number of likely N-dealkylation sites (tertiary alicyclic amines) is 1. The van der Waals surface area contributed by atoms with Gasteiger partial charge in [0.15, 0.2) is 0 Å². The zero-order valence-corrected chi connectivity index (χ0v) is 10.9. The summed E-state index contributed by atoms with van der Waals surface area (Å²) in [5.74, 6) is 0. The minimum Gasteiger partial charge on any atom is -0.304 e. The average Bonchev–Trinajstić information content (AvgIpc) is 2.95. The summed E-state index contributed by atoms with van der Waals surface area (Å²) in [7, 11) is 0. The van der Waals surface area contributed by atoms with Gasteiger partial charge < -0.3 is 9.88 Å². The Morgan fingerprint density at radius 1 is 1.22 bits per heavy atom. The minimum absolute atomic E-state index is 0.0719. The summed E-state index contributed by atoms with van der Waals surface area (Å²) in [5.41, 5.74) is 1.56. The lowest BCUT2D eigenvalue weighted by molar-refractivity contribution is 0.322. The molecule has 1 N–H and O–H groups in total. The second kappa shape index (κ2) is 4.78. The second-order valence-corrected chi connectivity index (χ2v) is 5.17. The van der Waals surface area contributed by atoms with Crippen LogP contribution >= 0.6 is 11.6 Å². The standard InChI is InChI=1S/C13H16ClN3O/c14-10-4-3-5-11-12(10)15-13(18)17(11)9-8-16-6-1-2-7-16/h3-5H,1-2,6-9H2,(H,15,18). The van der Waals surface area contributed by atoms with Crippen molar-refractivity contribution < 1.29 is 0 Å². The van der Waals surface area contributed by atoms with Gasteiger partial charge in [0.25, 0.3) is 0 Å². The predicted octanol–water partition coefficient (Wildman–Crippen LogP) is 2.08. The largest absolute Gasteiger partial charge is 0.326 e. The Kier molecular flexibility index (Phi) is 3.14. The maximum Gasteiger partial charge on any atom is 0.326 e. The van der Waals surface area contributed by atoms with Crippen LogP contribution in [-0.2, 0) is 6.54 Å². The lowest BCUT2D eigenvalue weighted by Gasteiger charge is -2.14. The van der Waals surface area contributed by atoms with Crippen LogP contribution in [0.4, 0.5) is 0 Å². The highest BCUT2D eigenvalue weighted by atomic mass is 35.5. The number of aromatic nitrogens is 2. The summed E-state index contributed by atoms with van der Waals surface area (Å²) in [4.78, 5) is 17.2. The number of rotatable bonds is 3. The van der Waals surface area contributed by atoms with E-state index in [1.54, 1.807) is 10.6 Å². The van der Waals surface area contributed by atoms with Crippen LogP contribution in [0.2, 0.25) is 5.02 Å². The van der Waals surface area contributed by atoms with Crippen molar-refractivity contribution in [1.82, 2.24) is 14.5 Å². The van der Waals surface area contributed by atoms with E-state index in [0.29, 0.717) is 5.02 Å². The molecule has 0 atom stereocenters. The summed E-state index contributed by atoms with van der Waals surface area (Å²) in [6.45, 7) is 3.95. The normalized spacial score (nSPS) is 16.7. The van der Waals surface area contributed by atoms with Gasteiger partial charge in [-0.15, -0.1) is 0 Å². The molecule has 1 aromatic carbocycles. The Bertz CT molecular complexity index is 610. The van der Waals surface area contributed by atoms with Gasteiger partial charge >= 0.3 is 5.69 Å². The fourth-order valence-electron chi connectivity index (χ4n) is 2.61. The molecule has 0 amide bonds. The fourth-order valence-corrected chi connectivity index (χ4v) is 2.83. The van der Waals surface area contributed by atoms with Gasteiger partial charge in [-0.1, -0.05) is 17.7 Å². The van der Waals surface area contributed by atoms with Crippen molar-refractivity contribution in [3.8, 4) is 0 Å². The number of nitrogens with one attached hydrogen (secondary N) is 1. The molecule has 2 aromatic rings. The minimum atomic E-state index is -0.0719. The van der Waals surface area contributed by atoms with E-state index in [1.165, 1.54) is 12.8 Å². The highest BCUT2D eigenvalue weighted by Gasteiger charge is 2.13. The number of para-hydroxylation sites is 1. The Morgan fingerprint density at radius 2 is 2.00 bits per heavy atom. The Hall–Kier alpha value is -1.26. The van der Waals surface area contributed by atoms with Gasteiger partial charge in [0, 0.05) is 13.1 Å². The number of benzene rings is 1. The summed E-state index contributed by atoms with van der Waals surface area (Å²) >= 11 is 6.08. The Morgan fingerprint density at radius 3 is 2.78 bits per heavy atom.